The third-order valence-electron chi connectivity index (χ3n) is 2.64. The van der Waals surface area contributed by atoms with E-state index in [0.717, 1.165) is 31.6 Å². The summed E-state index contributed by atoms with van der Waals surface area (Å²) in [5, 5.41) is 8.93. The van der Waals surface area contributed by atoms with Gasteiger partial charge in [-0.15, -0.1) is 0 Å². The van der Waals surface area contributed by atoms with Crippen LogP contribution in [0.25, 0.3) is 0 Å². The third-order valence-corrected chi connectivity index (χ3v) is 2.64. The van der Waals surface area contributed by atoms with Crippen LogP contribution < -0.4 is 0 Å². The molecule has 0 bridgehead atoms. The van der Waals surface area contributed by atoms with Crippen molar-refractivity contribution in [3.8, 4) is 6.07 Å². The van der Waals surface area contributed by atoms with Crippen LogP contribution in [0.5, 0.6) is 0 Å². The fraction of sp³-hybridized carbons (Fsp3) is 0.455. The van der Waals surface area contributed by atoms with Crippen LogP contribution in [-0.4, -0.2) is 18.2 Å². The summed E-state index contributed by atoms with van der Waals surface area (Å²) < 4.78 is 5.30. The van der Waals surface area contributed by atoms with Gasteiger partial charge in [0.2, 0.25) is 0 Å². The van der Waals surface area contributed by atoms with Gasteiger partial charge in [-0.3, -0.25) is 4.98 Å². The number of ether oxygens (including phenoxy) is 1. The second kappa shape index (κ2) is 4.21. The number of nitrogens with zero attached hydrogens (tertiary/aromatic N) is 2. The fourth-order valence-corrected chi connectivity index (χ4v) is 1.86. The summed E-state index contributed by atoms with van der Waals surface area (Å²) >= 11 is 0. The summed E-state index contributed by atoms with van der Waals surface area (Å²) in [4.78, 5) is 3.96. The Morgan fingerprint density at radius 3 is 2.93 bits per heavy atom. The van der Waals surface area contributed by atoms with Gasteiger partial charge in [0.25, 0.3) is 0 Å². The number of aromatic nitrogens is 1. The van der Waals surface area contributed by atoms with Gasteiger partial charge in [-0.1, -0.05) is 0 Å². The Morgan fingerprint density at radius 1 is 1.43 bits per heavy atom. The molecular weight excluding hydrogens is 176 g/mol. The Morgan fingerprint density at radius 2 is 2.21 bits per heavy atom. The highest BCUT2D eigenvalue weighted by molar-refractivity contribution is 5.37. The summed E-state index contributed by atoms with van der Waals surface area (Å²) in [6, 6.07) is 4.14. The van der Waals surface area contributed by atoms with Crippen molar-refractivity contribution in [2.75, 3.05) is 13.2 Å². The second-order valence-electron chi connectivity index (χ2n) is 3.46. The summed E-state index contributed by atoms with van der Waals surface area (Å²) in [6.45, 7) is 1.61. The van der Waals surface area contributed by atoms with E-state index < -0.39 is 0 Å². The minimum Gasteiger partial charge on any atom is -0.381 e. The van der Waals surface area contributed by atoms with Gasteiger partial charge in [0, 0.05) is 25.6 Å². The van der Waals surface area contributed by atoms with E-state index in [0.29, 0.717) is 11.5 Å². The summed E-state index contributed by atoms with van der Waals surface area (Å²) in [7, 11) is 0. The van der Waals surface area contributed by atoms with Gasteiger partial charge in [-0.25, -0.2) is 0 Å². The summed E-state index contributed by atoms with van der Waals surface area (Å²) in [6.07, 6.45) is 5.42. The largest absolute Gasteiger partial charge is 0.381 e. The fourth-order valence-electron chi connectivity index (χ4n) is 1.86. The molecule has 3 nitrogen and oxygen atoms in total. The summed E-state index contributed by atoms with van der Waals surface area (Å²) in [5.74, 6) is 0.474. The van der Waals surface area contributed by atoms with E-state index in [2.05, 4.69) is 11.1 Å². The van der Waals surface area contributed by atoms with E-state index in [1.54, 1.807) is 12.4 Å². The van der Waals surface area contributed by atoms with Crippen LogP contribution in [-0.2, 0) is 4.74 Å². The van der Waals surface area contributed by atoms with Crippen LogP contribution in [0.2, 0.25) is 0 Å². The van der Waals surface area contributed by atoms with Gasteiger partial charge < -0.3 is 4.74 Å². The van der Waals surface area contributed by atoms with E-state index in [1.165, 1.54) is 0 Å². The van der Waals surface area contributed by atoms with E-state index in [-0.39, 0.29) is 0 Å². The highest BCUT2D eigenvalue weighted by Gasteiger charge is 2.18. The van der Waals surface area contributed by atoms with E-state index >= 15 is 0 Å². The van der Waals surface area contributed by atoms with E-state index in [9.17, 15) is 0 Å². The van der Waals surface area contributed by atoms with Crippen molar-refractivity contribution in [2.45, 2.75) is 18.8 Å². The molecule has 0 radical (unpaired) electrons. The monoisotopic (exact) mass is 188 g/mol. The van der Waals surface area contributed by atoms with E-state index in [4.69, 9.17) is 10.00 Å². The maximum Gasteiger partial charge on any atom is 0.101 e. The molecule has 1 aromatic rings. The Balaban J connectivity index is 2.26. The van der Waals surface area contributed by atoms with Gasteiger partial charge in [0.1, 0.15) is 6.07 Å². The topological polar surface area (TPSA) is 45.9 Å². The number of hydrogen-bond acceptors (Lipinski definition) is 3. The quantitative estimate of drug-likeness (QED) is 0.675. The predicted octanol–water partition coefficient (Wildman–Crippen LogP) is 1.85. The number of hydrogen-bond donors (Lipinski definition) is 0. The first-order chi connectivity index (χ1) is 6.92. The average molecular weight is 188 g/mol. The molecule has 1 aliphatic heterocycles. The third kappa shape index (κ3) is 1.75. The lowest BCUT2D eigenvalue weighted by atomic mass is 9.90. The van der Waals surface area contributed by atoms with Crippen molar-refractivity contribution < 1.29 is 4.74 Å². The van der Waals surface area contributed by atoms with E-state index in [1.807, 2.05) is 6.07 Å². The van der Waals surface area contributed by atoms with Gasteiger partial charge in [-0.05, 0) is 30.4 Å². The molecule has 0 saturated carbocycles. The lowest BCUT2D eigenvalue weighted by Crippen LogP contribution is -2.15. The number of nitriles is 1. The van der Waals surface area contributed by atoms with Crippen molar-refractivity contribution in [3.05, 3.63) is 29.6 Å². The van der Waals surface area contributed by atoms with Gasteiger partial charge in [0.05, 0.1) is 5.56 Å². The molecule has 0 unspecified atom stereocenters. The summed E-state index contributed by atoms with van der Waals surface area (Å²) in [5.41, 5.74) is 1.84. The molecule has 0 aliphatic carbocycles. The Labute approximate surface area is 83.3 Å². The maximum absolute atomic E-state index is 8.93. The standard InChI is InChI=1S/C11H12N2O/c12-7-10-8-13-4-1-11(10)9-2-5-14-6-3-9/h1,4,8-9H,2-3,5-6H2. The minimum absolute atomic E-state index is 0.474. The Kier molecular flexibility index (Phi) is 2.76. The van der Waals surface area contributed by atoms with Crippen molar-refractivity contribution in [1.82, 2.24) is 4.98 Å². The van der Waals surface area contributed by atoms with Crippen LogP contribution in [0.3, 0.4) is 0 Å². The molecule has 3 heteroatoms. The van der Waals surface area contributed by atoms with Crippen molar-refractivity contribution in [2.24, 2.45) is 0 Å². The minimum atomic E-state index is 0.474. The zero-order chi connectivity index (χ0) is 9.80. The molecule has 14 heavy (non-hydrogen) atoms. The normalized spacial score (nSPS) is 17.6. The maximum atomic E-state index is 8.93. The second-order valence-corrected chi connectivity index (χ2v) is 3.46. The van der Waals surface area contributed by atoms with Gasteiger partial charge in [-0.2, -0.15) is 5.26 Å². The first-order valence-corrected chi connectivity index (χ1v) is 4.83. The first kappa shape index (κ1) is 9.17. The van der Waals surface area contributed by atoms with Crippen LogP contribution in [0.15, 0.2) is 18.5 Å². The van der Waals surface area contributed by atoms with Crippen molar-refractivity contribution in [1.29, 1.82) is 5.26 Å². The number of pyridine rings is 1. The molecule has 0 aromatic carbocycles. The zero-order valence-electron chi connectivity index (χ0n) is 7.94. The molecule has 0 N–H and O–H groups in total. The highest BCUT2D eigenvalue weighted by Crippen LogP contribution is 2.28. The lowest BCUT2D eigenvalue weighted by Gasteiger charge is -2.22. The zero-order valence-corrected chi connectivity index (χ0v) is 7.94. The molecule has 0 atom stereocenters. The molecule has 1 fully saturated rings. The van der Waals surface area contributed by atoms with Gasteiger partial charge >= 0.3 is 0 Å². The smallest absolute Gasteiger partial charge is 0.101 e. The molecule has 2 heterocycles. The molecule has 2 rings (SSSR count). The molecule has 1 saturated heterocycles. The van der Waals surface area contributed by atoms with Crippen LogP contribution in [0.1, 0.15) is 29.9 Å². The van der Waals surface area contributed by atoms with Crippen LogP contribution in [0, 0.1) is 11.3 Å². The van der Waals surface area contributed by atoms with Crippen LogP contribution in [0.4, 0.5) is 0 Å². The first-order valence-electron chi connectivity index (χ1n) is 4.83. The highest BCUT2D eigenvalue weighted by atomic mass is 16.5. The Bertz CT molecular complexity index is 351. The van der Waals surface area contributed by atoms with Gasteiger partial charge in [0.15, 0.2) is 0 Å². The SMILES string of the molecule is N#Cc1cnccc1C1CCOCC1. The Hall–Kier alpha value is -1.40. The van der Waals surface area contributed by atoms with Crippen LogP contribution >= 0.6 is 0 Å². The molecule has 0 amide bonds. The molecular formula is C11H12N2O. The molecule has 1 aromatic heterocycles. The number of rotatable bonds is 1. The molecule has 0 spiro atoms. The predicted molar refractivity (Wildman–Crippen MR) is 51.7 cm³/mol. The molecule has 1 aliphatic rings. The lowest BCUT2D eigenvalue weighted by molar-refractivity contribution is 0.0852. The van der Waals surface area contributed by atoms with Crippen molar-refractivity contribution >= 4 is 0 Å². The average Bonchev–Trinajstić information content (AvgIpc) is 2.30. The van der Waals surface area contributed by atoms with Crippen molar-refractivity contribution in [3.63, 3.8) is 0 Å². The molecule has 72 valence electrons.